The van der Waals surface area contributed by atoms with Crippen LogP contribution >= 0.6 is 0 Å². The third-order valence-electron chi connectivity index (χ3n) is 6.15. The zero-order valence-corrected chi connectivity index (χ0v) is 17.5. The molecule has 2 aliphatic heterocycles. The fraction of sp³-hybridized carbons (Fsp3) is 0.318. The van der Waals surface area contributed by atoms with E-state index in [-0.39, 0.29) is 11.4 Å². The van der Waals surface area contributed by atoms with Gasteiger partial charge >= 0.3 is 5.97 Å². The van der Waals surface area contributed by atoms with Crippen LogP contribution in [0.1, 0.15) is 12.8 Å². The van der Waals surface area contributed by atoms with Crippen LogP contribution in [0, 0.1) is 0 Å². The van der Waals surface area contributed by atoms with Gasteiger partial charge in [-0.05, 0) is 43.2 Å². The molecule has 0 radical (unpaired) electrons. The number of anilines is 1. The van der Waals surface area contributed by atoms with Crippen molar-refractivity contribution in [1.82, 2.24) is 9.29 Å². The molecular formula is C22H23N3O5S. The number of fused-ring (bicyclic) bond motifs is 1. The third kappa shape index (κ3) is 3.38. The number of carboxylic acids is 1. The van der Waals surface area contributed by atoms with Crippen molar-refractivity contribution in [1.29, 1.82) is 0 Å². The summed E-state index contributed by atoms with van der Waals surface area (Å²) in [5.41, 5.74) is 3.25. The average Bonchev–Trinajstić information content (AvgIpc) is 3.31. The molecule has 0 bridgehead atoms. The molecule has 162 valence electrons. The molecule has 3 N–H and O–H groups in total. The Balaban J connectivity index is 1.62. The Bertz CT molecular complexity index is 1240. The summed E-state index contributed by atoms with van der Waals surface area (Å²) in [5, 5.41) is 20.3. The van der Waals surface area contributed by atoms with E-state index in [1.807, 2.05) is 35.2 Å². The molecule has 31 heavy (non-hydrogen) atoms. The number of rotatable bonds is 5. The molecule has 9 heteroatoms. The van der Waals surface area contributed by atoms with Gasteiger partial charge in [-0.1, -0.05) is 18.2 Å². The van der Waals surface area contributed by atoms with Crippen LogP contribution in [0.3, 0.4) is 0 Å². The Labute approximate surface area is 179 Å². The van der Waals surface area contributed by atoms with E-state index in [4.69, 9.17) is 0 Å². The van der Waals surface area contributed by atoms with Crippen LogP contribution in [-0.4, -0.2) is 65.7 Å². The number of sulfonamides is 1. The van der Waals surface area contributed by atoms with Crippen LogP contribution in [0.4, 0.5) is 5.69 Å². The van der Waals surface area contributed by atoms with E-state index < -0.39 is 28.1 Å². The molecule has 3 aromatic rings. The van der Waals surface area contributed by atoms with Gasteiger partial charge in [-0.15, -0.1) is 0 Å². The van der Waals surface area contributed by atoms with Crippen molar-refractivity contribution < 1.29 is 23.4 Å². The minimum absolute atomic E-state index is 0.0654. The maximum Gasteiger partial charge on any atom is 0.322 e. The number of nitrogens with zero attached hydrogens (tertiary/aromatic N) is 2. The van der Waals surface area contributed by atoms with Gasteiger partial charge in [0.15, 0.2) is 0 Å². The van der Waals surface area contributed by atoms with Gasteiger partial charge in [-0.3, -0.25) is 4.79 Å². The molecule has 0 aliphatic carbocycles. The highest BCUT2D eigenvalue weighted by Crippen LogP contribution is 2.37. The lowest BCUT2D eigenvalue weighted by Crippen LogP contribution is -2.54. The van der Waals surface area contributed by atoms with E-state index in [9.17, 15) is 23.4 Å². The Kier molecular flexibility index (Phi) is 4.76. The summed E-state index contributed by atoms with van der Waals surface area (Å²) in [4.78, 5) is 16.8. The highest BCUT2D eigenvalue weighted by atomic mass is 32.2. The lowest BCUT2D eigenvalue weighted by atomic mass is 10.1. The summed E-state index contributed by atoms with van der Waals surface area (Å²) in [6, 6.07) is 13.6. The van der Waals surface area contributed by atoms with Gasteiger partial charge in [0, 0.05) is 47.5 Å². The van der Waals surface area contributed by atoms with Gasteiger partial charge in [0.05, 0.1) is 11.0 Å². The van der Waals surface area contributed by atoms with E-state index in [1.54, 1.807) is 12.1 Å². The summed E-state index contributed by atoms with van der Waals surface area (Å²) in [5.74, 6) is -1.13. The van der Waals surface area contributed by atoms with Gasteiger partial charge in [0.1, 0.15) is 6.04 Å². The Hall–Kier alpha value is -2.88. The fourth-order valence-electron chi connectivity index (χ4n) is 4.38. The number of carboxylic acid groups (broad SMARTS) is 1. The summed E-state index contributed by atoms with van der Waals surface area (Å²) < 4.78 is 27.4. The van der Waals surface area contributed by atoms with Crippen molar-refractivity contribution in [2.24, 2.45) is 0 Å². The first kappa shape index (κ1) is 20.0. The first-order chi connectivity index (χ1) is 14.8. The van der Waals surface area contributed by atoms with Gasteiger partial charge in [-0.25, -0.2) is 8.42 Å². The van der Waals surface area contributed by atoms with Crippen molar-refractivity contribution in [3.05, 3.63) is 48.5 Å². The standard InChI is InChI=1S/C22H23N3O5S/c26-15-7-9-24(13-15)20-6-5-16(31(29,30)25-10-8-21(25)22(27)28)12-17(20)19-11-14-3-1-2-4-18(14)23-19/h1-6,11-12,15,21,23,26H,7-10,13H2,(H,27,28). The largest absolute Gasteiger partial charge is 0.480 e. The van der Waals surface area contributed by atoms with E-state index in [1.165, 1.54) is 6.07 Å². The highest BCUT2D eigenvalue weighted by Gasteiger charge is 2.43. The second-order valence-corrected chi connectivity index (χ2v) is 9.99. The van der Waals surface area contributed by atoms with Gasteiger partial charge in [0.2, 0.25) is 10.0 Å². The molecule has 5 rings (SSSR count). The maximum atomic E-state index is 13.2. The summed E-state index contributed by atoms with van der Waals surface area (Å²) >= 11 is 0. The molecule has 0 spiro atoms. The molecule has 1 aromatic heterocycles. The highest BCUT2D eigenvalue weighted by molar-refractivity contribution is 7.89. The first-order valence-electron chi connectivity index (χ1n) is 10.2. The molecule has 2 atom stereocenters. The van der Waals surface area contributed by atoms with Crippen LogP contribution < -0.4 is 4.90 Å². The lowest BCUT2D eigenvalue weighted by Gasteiger charge is -2.36. The summed E-state index contributed by atoms with van der Waals surface area (Å²) in [6.45, 7) is 1.35. The van der Waals surface area contributed by atoms with Crippen LogP contribution in [0.15, 0.2) is 53.4 Å². The number of hydrogen-bond donors (Lipinski definition) is 3. The monoisotopic (exact) mass is 441 g/mol. The SMILES string of the molecule is O=C(O)C1CCN1S(=O)(=O)c1ccc(N2CCC(O)C2)c(-c2cc3ccccc3[nH]2)c1. The van der Waals surface area contributed by atoms with Crippen LogP contribution in [-0.2, 0) is 14.8 Å². The first-order valence-corrected chi connectivity index (χ1v) is 11.7. The number of nitrogens with one attached hydrogen (secondary N) is 1. The normalized spacial score (nSPS) is 22.0. The number of H-pyrrole nitrogens is 1. The molecule has 0 amide bonds. The van der Waals surface area contributed by atoms with Crippen LogP contribution in [0.25, 0.3) is 22.2 Å². The minimum atomic E-state index is -3.94. The minimum Gasteiger partial charge on any atom is -0.480 e. The van der Waals surface area contributed by atoms with Crippen molar-refractivity contribution in [2.45, 2.75) is 29.9 Å². The number of benzene rings is 2. The number of aliphatic hydroxyl groups excluding tert-OH is 1. The molecule has 2 fully saturated rings. The number of hydrogen-bond acceptors (Lipinski definition) is 5. The molecule has 3 heterocycles. The number of aromatic nitrogens is 1. The quantitative estimate of drug-likeness (QED) is 0.560. The Morgan fingerprint density at radius 2 is 1.87 bits per heavy atom. The Morgan fingerprint density at radius 1 is 1.06 bits per heavy atom. The van der Waals surface area contributed by atoms with E-state index in [0.29, 0.717) is 31.5 Å². The van der Waals surface area contributed by atoms with Crippen molar-refractivity contribution in [3.8, 4) is 11.3 Å². The molecule has 0 saturated carbocycles. The van der Waals surface area contributed by atoms with E-state index in [2.05, 4.69) is 4.98 Å². The second-order valence-electron chi connectivity index (χ2n) is 8.10. The van der Waals surface area contributed by atoms with Gasteiger partial charge in [-0.2, -0.15) is 4.31 Å². The second kappa shape index (κ2) is 7.37. The van der Waals surface area contributed by atoms with E-state index >= 15 is 0 Å². The number of aromatic amines is 1. The number of β-amino-alcohol motifs (C(OH)–C–C–N with tert-alkyl or cyclic N) is 1. The number of carbonyl (C=O) groups is 1. The molecule has 2 aliphatic rings. The third-order valence-corrected chi connectivity index (χ3v) is 8.06. The van der Waals surface area contributed by atoms with Crippen molar-refractivity contribution in [2.75, 3.05) is 24.5 Å². The fourth-order valence-corrected chi connectivity index (χ4v) is 6.03. The zero-order valence-electron chi connectivity index (χ0n) is 16.7. The molecule has 2 unspecified atom stereocenters. The van der Waals surface area contributed by atoms with E-state index in [0.717, 1.165) is 26.6 Å². The van der Waals surface area contributed by atoms with Gasteiger partial charge in [0.25, 0.3) is 0 Å². The molecule has 2 saturated heterocycles. The zero-order chi connectivity index (χ0) is 21.8. The summed E-state index contributed by atoms with van der Waals surface area (Å²) in [6.07, 6.45) is 0.546. The van der Waals surface area contributed by atoms with Crippen LogP contribution in [0.2, 0.25) is 0 Å². The molecule has 8 nitrogen and oxygen atoms in total. The maximum absolute atomic E-state index is 13.2. The molecular weight excluding hydrogens is 418 g/mol. The Morgan fingerprint density at radius 3 is 2.52 bits per heavy atom. The van der Waals surface area contributed by atoms with Crippen molar-refractivity contribution in [3.63, 3.8) is 0 Å². The average molecular weight is 442 g/mol. The smallest absolute Gasteiger partial charge is 0.322 e. The van der Waals surface area contributed by atoms with Crippen LogP contribution in [0.5, 0.6) is 0 Å². The predicted molar refractivity (Wildman–Crippen MR) is 117 cm³/mol. The predicted octanol–water partition coefficient (Wildman–Crippen LogP) is 2.25. The summed E-state index contributed by atoms with van der Waals surface area (Å²) in [7, 11) is -3.94. The molecule has 2 aromatic carbocycles. The number of aliphatic hydroxyl groups is 1. The number of para-hydroxylation sites is 1. The lowest BCUT2D eigenvalue weighted by molar-refractivity contribution is -0.144. The van der Waals surface area contributed by atoms with Gasteiger partial charge < -0.3 is 20.1 Å². The van der Waals surface area contributed by atoms with Crippen molar-refractivity contribution >= 4 is 32.6 Å². The topological polar surface area (TPSA) is 114 Å². The number of aliphatic carboxylic acids is 1.